The number of hydrogen-bond donors (Lipinski definition) is 1. The van der Waals surface area contributed by atoms with Gasteiger partial charge in [0.25, 0.3) is 5.91 Å². The van der Waals surface area contributed by atoms with Gasteiger partial charge < -0.3 is 9.73 Å². The van der Waals surface area contributed by atoms with E-state index in [1.54, 1.807) is 37.3 Å². The van der Waals surface area contributed by atoms with Crippen LogP contribution >= 0.6 is 11.3 Å². The highest BCUT2D eigenvalue weighted by atomic mass is 32.1. The molecule has 1 aromatic carbocycles. The topological polar surface area (TPSA) is 106 Å². The number of carbonyl (C=O) groups is 2. The van der Waals surface area contributed by atoms with Crippen molar-refractivity contribution in [1.29, 1.82) is 0 Å². The lowest BCUT2D eigenvalue weighted by Crippen LogP contribution is -2.47. The maximum atomic E-state index is 15.1. The number of hydrogen-bond acceptors (Lipinski definition) is 7. The zero-order valence-electron chi connectivity index (χ0n) is 19.6. The van der Waals surface area contributed by atoms with Crippen molar-refractivity contribution in [2.75, 3.05) is 4.90 Å². The molecule has 9 nitrogen and oxygen atoms in total. The molecule has 1 fully saturated rings. The summed E-state index contributed by atoms with van der Waals surface area (Å²) in [5.41, 5.74) is 0.00414. The van der Waals surface area contributed by atoms with Crippen LogP contribution in [0, 0.1) is 12.7 Å². The normalized spacial score (nSPS) is 14.6. The number of thiophene rings is 1. The molecule has 1 N–H and O–H groups in total. The molecule has 3 heterocycles. The van der Waals surface area contributed by atoms with E-state index in [1.165, 1.54) is 34.4 Å². The molecule has 0 radical (unpaired) electrons. The first-order valence-electron chi connectivity index (χ1n) is 11.7. The summed E-state index contributed by atoms with van der Waals surface area (Å²) in [6.45, 7) is 1.45. The van der Waals surface area contributed by atoms with Crippen molar-refractivity contribution in [3.05, 3.63) is 70.4 Å². The molecule has 3 aromatic heterocycles. The van der Waals surface area contributed by atoms with Crippen LogP contribution in [0.2, 0.25) is 0 Å². The lowest BCUT2D eigenvalue weighted by Gasteiger charge is -2.31. The van der Waals surface area contributed by atoms with Crippen LogP contribution in [-0.4, -0.2) is 38.1 Å². The average molecular weight is 509 g/mol. The molecule has 0 spiro atoms. The number of aromatic nitrogens is 4. The van der Waals surface area contributed by atoms with Crippen LogP contribution in [0.1, 0.15) is 42.4 Å². The summed E-state index contributed by atoms with van der Waals surface area (Å²) in [5.74, 6) is -0.180. The van der Waals surface area contributed by atoms with Gasteiger partial charge in [-0.1, -0.05) is 31.0 Å². The maximum absolute atomic E-state index is 15.1. The summed E-state index contributed by atoms with van der Waals surface area (Å²) in [4.78, 5) is 30.3. The summed E-state index contributed by atoms with van der Waals surface area (Å²) in [6.07, 6.45) is 3.85. The van der Waals surface area contributed by atoms with E-state index in [-0.39, 0.29) is 30.0 Å². The van der Waals surface area contributed by atoms with Gasteiger partial charge in [-0.05, 0) is 60.7 Å². The molecule has 1 aliphatic rings. The molecule has 1 saturated carbocycles. The number of nitrogens with one attached hydrogen (secondary N) is 1. The highest BCUT2D eigenvalue weighted by Gasteiger charge is 2.36. The van der Waals surface area contributed by atoms with Gasteiger partial charge in [0.1, 0.15) is 24.2 Å². The molecule has 11 heteroatoms. The number of benzene rings is 1. The predicted molar refractivity (Wildman–Crippen MR) is 132 cm³/mol. The van der Waals surface area contributed by atoms with Crippen molar-refractivity contribution in [2.45, 2.75) is 51.2 Å². The maximum Gasteiger partial charge on any atom is 0.251 e. The van der Waals surface area contributed by atoms with E-state index in [4.69, 9.17) is 4.42 Å². The van der Waals surface area contributed by atoms with Crippen molar-refractivity contribution >= 4 is 28.8 Å². The number of anilines is 1. The van der Waals surface area contributed by atoms with Crippen molar-refractivity contribution in [1.82, 2.24) is 25.5 Å². The summed E-state index contributed by atoms with van der Waals surface area (Å²) >= 11 is 1.33. The SMILES string of the molecule is Cc1ccc(-c2nnn(CC(=O)N(c3ccccc3F)C(C(=O)NC3CCCC3)c3cccs3)n2)o1. The number of aryl methyl sites for hydroxylation is 1. The molecule has 1 atom stereocenters. The second-order valence-corrected chi connectivity index (χ2v) is 9.66. The van der Waals surface area contributed by atoms with Crippen molar-refractivity contribution in [2.24, 2.45) is 0 Å². The predicted octanol–water partition coefficient (Wildman–Crippen LogP) is 4.28. The van der Waals surface area contributed by atoms with Crippen molar-refractivity contribution in [3.63, 3.8) is 0 Å². The zero-order chi connectivity index (χ0) is 25.1. The third kappa shape index (κ3) is 5.06. The Kier molecular flexibility index (Phi) is 6.90. The third-order valence-electron chi connectivity index (χ3n) is 6.09. The number of para-hydroxylation sites is 1. The van der Waals surface area contributed by atoms with Crippen LogP contribution in [0.25, 0.3) is 11.6 Å². The van der Waals surface area contributed by atoms with Crippen molar-refractivity contribution < 1.29 is 18.4 Å². The number of halogens is 1. The molecule has 0 bridgehead atoms. The van der Waals surface area contributed by atoms with E-state index in [0.717, 1.165) is 30.5 Å². The highest BCUT2D eigenvalue weighted by Crippen LogP contribution is 2.33. The number of rotatable bonds is 8. The van der Waals surface area contributed by atoms with Gasteiger partial charge >= 0.3 is 0 Å². The van der Waals surface area contributed by atoms with Crippen LogP contribution in [-0.2, 0) is 16.1 Å². The molecular weight excluding hydrogens is 483 g/mol. The summed E-state index contributed by atoms with van der Waals surface area (Å²) < 4.78 is 20.6. The molecule has 1 unspecified atom stereocenters. The summed E-state index contributed by atoms with van der Waals surface area (Å²) in [6, 6.07) is 12.0. The molecule has 186 valence electrons. The van der Waals surface area contributed by atoms with Gasteiger partial charge in [0.2, 0.25) is 11.7 Å². The quantitative estimate of drug-likeness (QED) is 0.381. The van der Waals surface area contributed by atoms with E-state index in [9.17, 15) is 9.59 Å². The summed E-state index contributed by atoms with van der Waals surface area (Å²) in [7, 11) is 0. The first-order chi connectivity index (χ1) is 17.5. The van der Waals surface area contributed by atoms with Crippen LogP contribution in [0.15, 0.2) is 58.3 Å². The van der Waals surface area contributed by atoms with Crippen LogP contribution < -0.4 is 10.2 Å². The molecule has 36 heavy (non-hydrogen) atoms. The van der Waals surface area contributed by atoms with E-state index in [2.05, 4.69) is 20.7 Å². The van der Waals surface area contributed by atoms with Crippen molar-refractivity contribution in [3.8, 4) is 11.6 Å². The Bertz CT molecular complexity index is 1350. The fourth-order valence-corrected chi connectivity index (χ4v) is 5.21. The number of furan rings is 1. The first kappa shape index (κ1) is 23.9. The van der Waals surface area contributed by atoms with Gasteiger partial charge in [-0.3, -0.25) is 14.5 Å². The summed E-state index contributed by atoms with van der Waals surface area (Å²) in [5, 5.41) is 17.1. The molecule has 0 aliphatic heterocycles. The molecular formula is C25H25FN6O3S. The minimum absolute atomic E-state index is 0.00414. The first-order valence-corrected chi connectivity index (χ1v) is 12.6. The number of amides is 2. The standard InChI is InChI=1S/C25H25FN6O3S/c1-16-12-13-20(35-16)24-28-30-31(29-24)15-22(33)32(19-10-5-4-9-18(19)26)23(21-11-6-14-36-21)25(34)27-17-7-2-3-8-17/h4-6,9-14,17,23H,2-3,7-8,15H2,1H3,(H,27,34). The van der Waals surface area contributed by atoms with E-state index in [0.29, 0.717) is 16.4 Å². The van der Waals surface area contributed by atoms with Gasteiger partial charge in [-0.2, -0.15) is 4.80 Å². The molecule has 4 aromatic rings. The van der Waals surface area contributed by atoms with Gasteiger partial charge in [0.15, 0.2) is 5.76 Å². The van der Waals surface area contributed by atoms with Crippen LogP contribution in [0.4, 0.5) is 10.1 Å². The largest absolute Gasteiger partial charge is 0.458 e. The molecule has 2 amide bonds. The van der Waals surface area contributed by atoms with Gasteiger partial charge in [0, 0.05) is 10.9 Å². The van der Waals surface area contributed by atoms with Gasteiger partial charge in [-0.15, -0.1) is 21.5 Å². The van der Waals surface area contributed by atoms with Crippen LogP contribution in [0.5, 0.6) is 0 Å². The Labute approximate surface area is 210 Å². The average Bonchev–Trinajstić information content (AvgIpc) is 3.66. The Morgan fingerprint density at radius 3 is 2.69 bits per heavy atom. The molecule has 0 saturated heterocycles. The molecule has 1 aliphatic carbocycles. The molecule has 5 rings (SSSR count). The third-order valence-corrected chi connectivity index (χ3v) is 7.02. The highest BCUT2D eigenvalue weighted by molar-refractivity contribution is 7.10. The smallest absolute Gasteiger partial charge is 0.251 e. The Balaban J connectivity index is 1.48. The Morgan fingerprint density at radius 2 is 2.00 bits per heavy atom. The lowest BCUT2D eigenvalue weighted by molar-refractivity contribution is -0.127. The Morgan fingerprint density at radius 1 is 1.19 bits per heavy atom. The van der Waals surface area contributed by atoms with Gasteiger partial charge in [-0.25, -0.2) is 4.39 Å². The van der Waals surface area contributed by atoms with Gasteiger partial charge in [0.05, 0.1) is 5.69 Å². The number of nitrogens with zero attached hydrogens (tertiary/aromatic N) is 5. The Hall–Kier alpha value is -3.86. The fraction of sp³-hybridized carbons (Fsp3) is 0.320. The van der Waals surface area contributed by atoms with E-state index >= 15 is 4.39 Å². The number of tetrazole rings is 1. The zero-order valence-corrected chi connectivity index (χ0v) is 20.4. The second kappa shape index (κ2) is 10.4. The number of carbonyl (C=O) groups excluding carboxylic acids is 2. The minimum atomic E-state index is -1.05. The van der Waals surface area contributed by atoms with Crippen LogP contribution in [0.3, 0.4) is 0 Å². The second-order valence-electron chi connectivity index (χ2n) is 8.68. The minimum Gasteiger partial charge on any atom is -0.458 e. The lowest BCUT2D eigenvalue weighted by atomic mass is 10.1. The van der Waals surface area contributed by atoms with E-state index < -0.39 is 17.8 Å². The van der Waals surface area contributed by atoms with E-state index in [1.807, 2.05) is 5.38 Å². The fourth-order valence-electron chi connectivity index (χ4n) is 4.40. The monoisotopic (exact) mass is 508 g/mol.